The van der Waals surface area contributed by atoms with Gasteiger partial charge in [-0.15, -0.1) is 0 Å². The number of rotatable bonds is 3. The third kappa shape index (κ3) is 2.93. The Morgan fingerprint density at radius 1 is 1.28 bits per heavy atom. The van der Waals surface area contributed by atoms with E-state index in [1.807, 2.05) is 13.0 Å². The number of benzene rings is 1. The van der Waals surface area contributed by atoms with E-state index in [1.54, 1.807) is 24.4 Å². The first-order chi connectivity index (χ1) is 8.60. The van der Waals surface area contributed by atoms with Crippen LogP contribution in [-0.2, 0) is 6.54 Å². The second-order valence-corrected chi connectivity index (χ2v) is 4.67. The topological polar surface area (TPSA) is 48.1 Å². The monoisotopic (exact) mass is 282 g/mol. The highest BCUT2D eigenvalue weighted by Gasteiger charge is 2.06. The molecule has 0 aliphatic rings. The number of pyridine rings is 1. The summed E-state index contributed by atoms with van der Waals surface area (Å²) in [4.78, 5) is 4.17. The minimum atomic E-state index is 0.455. The maximum atomic E-state index is 6.01. The van der Waals surface area contributed by atoms with Crippen molar-refractivity contribution in [1.29, 1.82) is 0 Å². The number of nitrogens with two attached hydrogens (primary N) is 1. The van der Waals surface area contributed by atoms with Crippen LogP contribution in [0, 0.1) is 6.92 Å². The second-order valence-electron chi connectivity index (χ2n) is 3.83. The smallest absolute Gasteiger partial charge is 0.219 e. The zero-order chi connectivity index (χ0) is 13.1. The average Bonchev–Trinajstić information content (AvgIpc) is 2.34. The molecule has 94 valence electrons. The molecule has 2 aromatic rings. The van der Waals surface area contributed by atoms with Crippen molar-refractivity contribution in [2.24, 2.45) is 5.73 Å². The summed E-state index contributed by atoms with van der Waals surface area (Å²) in [5, 5.41) is 1.05. The Kier molecular flexibility index (Phi) is 4.07. The van der Waals surface area contributed by atoms with Gasteiger partial charge in [-0.3, -0.25) is 0 Å². The van der Waals surface area contributed by atoms with Crippen LogP contribution in [0.2, 0.25) is 10.0 Å². The highest BCUT2D eigenvalue weighted by Crippen LogP contribution is 2.31. The van der Waals surface area contributed by atoms with Gasteiger partial charge in [0.15, 0.2) is 0 Å². The van der Waals surface area contributed by atoms with Crippen LogP contribution >= 0.6 is 23.2 Å². The summed E-state index contributed by atoms with van der Waals surface area (Å²) in [6.45, 7) is 2.41. The van der Waals surface area contributed by atoms with Gasteiger partial charge < -0.3 is 10.5 Å². The maximum Gasteiger partial charge on any atom is 0.219 e. The van der Waals surface area contributed by atoms with Crippen molar-refractivity contribution in [1.82, 2.24) is 4.98 Å². The van der Waals surface area contributed by atoms with Crippen molar-refractivity contribution in [3.05, 3.63) is 51.6 Å². The summed E-state index contributed by atoms with van der Waals surface area (Å²) in [5.74, 6) is 0.949. The predicted molar refractivity (Wildman–Crippen MR) is 73.4 cm³/mol. The minimum absolute atomic E-state index is 0.455. The van der Waals surface area contributed by atoms with E-state index in [0.717, 1.165) is 11.1 Å². The Morgan fingerprint density at radius 3 is 2.72 bits per heavy atom. The molecule has 0 saturated heterocycles. The number of aromatic nitrogens is 1. The van der Waals surface area contributed by atoms with Gasteiger partial charge in [0.05, 0.1) is 5.02 Å². The minimum Gasteiger partial charge on any atom is -0.437 e. The van der Waals surface area contributed by atoms with E-state index >= 15 is 0 Å². The lowest BCUT2D eigenvalue weighted by atomic mass is 10.1. The molecule has 18 heavy (non-hydrogen) atoms. The molecule has 0 radical (unpaired) electrons. The van der Waals surface area contributed by atoms with Gasteiger partial charge in [-0.05, 0) is 30.2 Å². The van der Waals surface area contributed by atoms with Gasteiger partial charge in [0.2, 0.25) is 5.88 Å². The van der Waals surface area contributed by atoms with E-state index in [4.69, 9.17) is 33.7 Å². The molecule has 0 atom stereocenters. The third-order valence-corrected chi connectivity index (χ3v) is 3.07. The Bertz CT molecular complexity index is 573. The molecule has 1 aromatic heterocycles. The van der Waals surface area contributed by atoms with E-state index < -0.39 is 0 Å². The van der Waals surface area contributed by atoms with Crippen LogP contribution in [0.5, 0.6) is 11.6 Å². The third-order valence-electron chi connectivity index (χ3n) is 2.52. The molecule has 2 rings (SSSR count). The highest BCUT2D eigenvalue weighted by molar-refractivity contribution is 6.34. The number of halogens is 2. The average molecular weight is 283 g/mol. The standard InChI is InChI=1S/C13H12Cl2N2O/c1-8-4-13(17-7-9(8)6-16)18-12-5-10(14)2-3-11(12)15/h2-5,7H,6,16H2,1H3. The van der Waals surface area contributed by atoms with Gasteiger partial charge in [-0.25, -0.2) is 4.98 Å². The van der Waals surface area contributed by atoms with Crippen LogP contribution in [0.15, 0.2) is 30.5 Å². The molecule has 1 heterocycles. The van der Waals surface area contributed by atoms with Crippen LogP contribution < -0.4 is 10.5 Å². The van der Waals surface area contributed by atoms with Crippen molar-refractivity contribution in [3.63, 3.8) is 0 Å². The SMILES string of the molecule is Cc1cc(Oc2cc(Cl)ccc2Cl)ncc1CN. The molecule has 0 saturated carbocycles. The van der Waals surface area contributed by atoms with Crippen molar-refractivity contribution in [2.45, 2.75) is 13.5 Å². The molecule has 2 N–H and O–H groups in total. The van der Waals surface area contributed by atoms with Gasteiger partial charge in [0.1, 0.15) is 5.75 Å². The lowest BCUT2D eigenvalue weighted by molar-refractivity contribution is 0.462. The van der Waals surface area contributed by atoms with Crippen molar-refractivity contribution in [3.8, 4) is 11.6 Å². The van der Waals surface area contributed by atoms with Crippen molar-refractivity contribution < 1.29 is 4.74 Å². The normalized spacial score (nSPS) is 10.4. The molecule has 3 nitrogen and oxygen atoms in total. The summed E-state index contributed by atoms with van der Waals surface area (Å²) in [6.07, 6.45) is 1.70. The molecule has 0 aliphatic heterocycles. The van der Waals surface area contributed by atoms with Crippen molar-refractivity contribution >= 4 is 23.2 Å². The molecule has 0 unspecified atom stereocenters. The second kappa shape index (κ2) is 5.57. The first-order valence-electron chi connectivity index (χ1n) is 5.38. The zero-order valence-corrected chi connectivity index (χ0v) is 11.3. The fourth-order valence-electron chi connectivity index (χ4n) is 1.50. The molecular formula is C13H12Cl2N2O. The quantitative estimate of drug-likeness (QED) is 0.927. The molecule has 0 amide bonds. The number of aryl methyl sites for hydroxylation is 1. The lowest BCUT2D eigenvalue weighted by Crippen LogP contribution is -2.00. The van der Waals surface area contributed by atoms with E-state index in [0.29, 0.717) is 28.2 Å². The molecular weight excluding hydrogens is 271 g/mol. The Hall–Kier alpha value is -1.29. The fourth-order valence-corrected chi connectivity index (χ4v) is 1.81. The van der Waals surface area contributed by atoms with Crippen LogP contribution in [0.3, 0.4) is 0 Å². The van der Waals surface area contributed by atoms with Gasteiger partial charge in [-0.1, -0.05) is 23.2 Å². The lowest BCUT2D eigenvalue weighted by Gasteiger charge is -2.09. The van der Waals surface area contributed by atoms with Crippen LogP contribution in [-0.4, -0.2) is 4.98 Å². The predicted octanol–water partition coefficient (Wildman–Crippen LogP) is 3.95. The van der Waals surface area contributed by atoms with E-state index in [9.17, 15) is 0 Å². The van der Waals surface area contributed by atoms with Crippen molar-refractivity contribution in [2.75, 3.05) is 0 Å². The Balaban J connectivity index is 2.28. The van der Waals surface area contributed by atoms with E-state index in [2.05, 4.69) is 4.98 Å². The fraction of sp³-hybridized carbons (Fsp3) is 0.154. The zero-order valence-electron chi connectivity index (χ0n) is 9.78. The summed E-state index contributed by atoms with van der Waals surface area (Å²) in [7, 11) is 0. The number of hydrogen-bond donors (Lipinski definition) is 1. The maximum absolute atomic E-state index is 6.01. The van der Waals surface area contributed by atoms with Crippen LogP contribution in [0.25, 0.3) is 0 Å². The molecule has 0 aliphatic carbocycles. The molecule has 0 fully saturated rings. The van der Waals surface area contributed by atoms with Gasteiger partial charge in [0, 0.05) is 29.9 Å². The van der Waals surface area contributed by atoms with E-state index in [1.165, 1.54) is 0 Å². The Labute approximate surface area is 115 Å². The van der Waals surface area contributed by atoms with Gasteiger partial charge in [0.25, 0.3) is 0 Å². The van der Waals surface area contributed by atoms with Crippen LogP contribution in [0.4, 0.5) is 0 Å². The molecule has 5 heteroatoms. The van der Waals surface area contributed by atoms with Crippen LogP contribution in [0.1, 0.15) is 11.1 Å². The first-order valence-corrected chi connectivity index (χ1v) is 6.14. The van der Waals surface area contributed by atoms with E-state index in [-0.39, 0.29) is 0 Å². The summed E-state index contributed by atoms with van der Waals surface area (Å²) < 4.78 is 5.60. The Morgan fingerprint density at radius 2 is 2.06 bits per heavy atom. The summed E-state index contributed by atoms with van der Waals surface area (Å²) in [6, 6.07) is 6.85. The first kappa shape index (κ1) is 13.1. The molecule has 0 spiro atoms. The number of ether oxygens (including phenoxy) is 1. The highest BCUT2D eigenvalue weighted by atomic mass is 35.5. The summed E-state index contributed by atoms with van der Waals surface area (Å²) >= 11 is 11.9. The number of hydrogen-bond acceptors (Lipinski definition) is 3. The van der Waals surface area contributed by atoms with Gasteiger partial charge >= 0.3 is 0 Å². The summed E-state index contributed by atoms with van der Waals surface area (Å²) in [5.41, 5.74) is 7.59. The largest absolute Gasteiger partial charge is 0.437 e. The van der Waals surface area contributed by atoms with Gasteiger partial charge in [-0.2, -0.15) is 0 Å². The number of nitrogens with zero attached hydrogens (tertiary/aromatic N) is 1. The molecule has 1 aromatic carbocycles. The molecule has 0 bridgehead atoms.